The van der Waals surface area contributed by atoms with Crippen molar-refractivity contribution in [3.63, 3.8) is 0 Å². The molecule has 1 aliphatic heterocycles. The van der Waals surface area contributed by atoms with Crippen LogP contribution in [-0.2, 0) is 0 Å². The highest BCUT2D eigenvalue weighted by molar-refractivity contribution is 5.52. The Morgan fingerprint density at radius 1 is 1.53 bits per heavy atom. The van der Waals surface area contributed by atoms with Crippen LogP contribution >= 0.6 is 0 Å². The quantitative estimate of drug-likeness (QED) is 0.701. The number of nitrogens with two attached hydrogens (primary N) is 1. The zero-order valence-corrected chi connectivity index (χ0v) is 9.56. The Balaban J connectivity index is 1.79. The van der Waals surface area contributed by atoms with E-state index in [0.29, 0.717) is 11.9 Å². The fourth-order valence-corrected chi connectivity index (χ4v) is 2.16. The summed E-state index contributed by atoms with van der Waals surface area (Å²) in [5.74, 6) is 1.38. The molecule has 0 amide bonds. The van der Waals surface area contributed by atoms with Crippen LogP contribution in [0.25, 0.3) is 5.65 Å². The molecule has 0 saturated carbocycles. The van der Waals surface area contributed by atoms with Crippen molar-refractivity contribution >= 4 is 17.3 Å². The highest BCUT2D eigenvalue weighted by Gasteiger charge is 2.13. The third-order valence-corrected chi connectivity index (χ3v) is 2.99. The van der Waals surface area contributed by atoms with E-state index < -0.39 is 0 Å². The summed E-state index contributed by atoms with van der Waals surface area (Å²) in [7, 11) is 0. The average Bonchev–Trinajstić information content (AvgIpc) is 2.70. The summed E-state index contributed by atoms with van der Waals surface area (Å²) in [5.41, 5.74) is 6.40. The van der Waals surface area contributed by atoms with Gasteiger partial charge in [0.15, 0.2) is 5.65 Å². The number of hydrogen-bond donors (Lipinski definition) is 3. The number of fused-ring (bicyclic) bond motifs is 1. The van der Waals surface area contributed by atoms with Gasteiger partial charge in [-0.25, -0.2) is 9.50 Å². The van der Waals surface area contributed by atoms with E-state index in [1.807, 2.05) is 12.3 Å². The van der Waals surface area contributed by atoms with Crippen LogP contribution in [0.3, 0.4) is 0 Å². The number of piperidine rings is 1. The lowest BCUT2D eigenvalue weighted by Gasteiger charge is -2.24. The summed E-state index contributed by atoms with van der Waals surface area (Å²) in [6.07, 6.45) is 4.26. The SMILES string of the molecule is Nc1cc2nc(NC3CCCNC3)ccn2n1. The molecule has 3 heterocycles. The van der Waals surface area contributed by atoms with Crippen LogP contribution in [0.2, 0.25) is 0 Å². The minimum Gasteiger partial charge on any atom is -0.382 e. The van der Waals surface area contributed by atoms with Gasteiger partial charge in [0.1, 0.15) is 11.6 Å². The van der Waals surface area contributed by atoms with Crippen molar-refractivity contribution in [2.24, 2.45) is 0 Å². The molecule has 0 aliphatic carbocycles. The van der Waals surface area contributed by atoms with Crippen molar-refractivity contribution in [2.75, 3.05) is 24.1 Å². The van der Waals surface area contributed by atoms with E-state index in [0.717, 1.165) is 24.6 Å². The zero-order valence-electron chi connectivity index (χ0n) is 9.56. The van der Waals surface area contributed by atoms with E-state index >= 15 is 0 Å². The summed E-state index contributed by atoms with van der Waals surface area (Å²) in [6, 6.07) is 4.15. The van der Waals surface area contributed by atoms with Crippen molar-refractivity contribution in [1.29, 1.82) is 0 Å². The van der Waals surface area contributed by atoms with Gasteiger partial charge < -0.3 is 16.4 Å². The minimum atomic E-state index is 0.457. The Bertz CT molecular complexity index is 514. The summed E-state index contributed by atoms with van der Waals surface area (Å²) < 4.78 is 1.68. The molecule has 0 aromatic carbocycles. The average molecular weight is 232 g/mol. The Hall–Kier alpha value is -1.82. The second-order valence-electron chi connectivity index (χ2n) is 4.37. The van der Waals surface area contributed by atoms with Gasteiger partial charge in [-0.15, -0.1) is 5.10 Å². The molecule has 0 radical (unpaired) electrons. The van der Waals surface area contributed by atoms with Gasteiger partial charge in [-0.1, -0.05) is 0 Å². The summed E-state index contributed by atoms with van der Waals surface area (Å²) in [6.45, 7) is 2.11. The molecule has 0 spiro atoms. The van der Waals surface area contributed by atoms with Crippen LogP contribution in [0.15, 0.2) is 18.3 Å². The summed E-state index contributed by atoms with van der Waals surface area (Å²) in [4.78, 5) is 4.47. The van der Waals surface area contributed by atoms with Crippen LogP contribution in [-0.4, -0.2) is 33.7 Å². The third-order valence-electron chi connectivity index (χ3n) is 2.99. The largest absolute Gasteiger partial charge is 0.382 e. The maximum absolute atomic E-state index is 5.62. The molecule has 1 atom stereocenters. The normalized spacial score (nSPS) is 20.6. The lowest BCUT2D eigenvalue weighted by molar-refractivity contribution is 0.479. The molecule has 0 bridgehead atoms. The molecular formula is C11H16N6. The predicted octanol–water partition coefficient (Wildman–Crippen LogP) is 0.475. The molecule has 1 saturated heterocycles. The van der Waals surface area contributed by atoms with Gasteiger partial charge >= 0.3 is 0 Å². The Morgan fingerprint density at radius 2 is 2.47 bits per heavy atom. The van der Waals surface area contributed by atoms with E-state index in [-0.39, 0.29) is 0 Å². The number of nitrogen functional groups attached to an aromatic ring is 1. The topological polar surface area (TPSA) is 80.3 Å². The molecule has 17 heavy (non-hydrogen) atoms. The molecule has 3 rings (SSSR count). The second kappa shape index (κ2) is 4.21. The van der Waals surface area contributed by atoms with E-state index in [1.54, 1.807) is 10.6 Å². The van der Waals surface area contributed by atoms with Gasteiger partial charge in [0.25, 0.3) is 0 Å². The number of anilines is 2. The first-order valence-electron chi connectivity index (χ1n) is 5.90. The van der Waals surface area contributed by atoms with Gasteiger partial charge in [-0.05, 0) is 25.5 Å². The van der Waals surface area contributed by atoms with E-state index in [4.69, 9.17) is 5.73 Å². The molecular weight excluding hydrogens is 216 g/mol. The summed E-state index contributed by atoms with van der Waals surface area (Å²) >= 11 is 0. The first-order chi connectivity index (χ1) is 8.31. The second-order valence-corrected chi connectivity index (χ2v) is 4.37. The molecule has 1 aliphatic rings. The summed E-state index contributed by atoms with van der Waals surface area (Å²) in [5, 5.41) is 10.9. The molecule has 4 N–H and O–H groups in total. The smallest absolute Gasteiger partial charge is 0.159 e. The third kappa shape index (κ3) is 2.16. The Kier molecular flexibility index (Phi) is 2.56. The van der Waals surface area contributed by atoms with Gasteiger partial charge in [0.2, 0.25) is 0 Å². The lowest BCUT2D eigenvalue weighted by Crippen LogP contribution is -2.38. The molecule has 1 unspecified atom stereocenters. The van der Waals surface area contributed by atoms with Crippen LogP contribution in [0.4, 0.5) is 11.6 Å². The van der Waals surface area contributed by atoms with Crippen molar-refractivity contribution in [2.45, 2.75) is 18.9 Å². The van der Waals surface area contributed by atoms with Crippen molar-refractivity contribution in [1.82, 2.24) is 19.9 Å². The standard InChI is InChI=1S/C11H16N6/c12-9-6-11-15-10(3-5-17(11)16-9)14-8-2-1-4-13-7-8/h3,5-6,8,13H,1-2,4,7H2,(H2,12,16)(H,14,15). The first kappa shape index (κ1) is 10.3. The molecule has 6 heteroatoms. The molecule has 1 fully saturated rings. The fraction of sp³-hybridized carbons (Fsp3) is 0.455. The lowest BCUT2D eigenvalue weighted by atomic mass is 10.1. The Labute approximate surface area is 99.2 Å². The number of rotatable bonds is 2. The number of hydrogen-bond acceptors (Lipinski definition) is 5. The highest BCUT2D eigenvalue weighted by Crippen LogP contribution is 2.12. The fourth-order valence-electron chi connectivity index (χ4n) is 2.16. The van der Waals surface area contributed by atoms with Crippen LogP contribution in [0, 0.1) is 0 Å². The molecule has 2 aromatic rings. The first-order valence-corrected chi connectivity index (χ1v) is 5.90. The van der Waals surface area contributed by atoms with E-state index in [9.17, 15) is 0 Å². The van der Waals surface area contributed by atoms with Crippen LogP contribution in [0.5, 0.6) is 0 Å². The van der Waals surface area contributed by atoms with Crippen LogP contribution in [0.1, 0.15) is 12.8 Å². The minimum absolute atomic E-state index is 0.457. The highest BCUT2D eigenvalue weighted by atomic mass is 15.3. The predicted molar refractivity (Wildman–Crippen MR) is 66.9 cm³/mol. The van der Waals surface area contributed by atoms with Gasteiger partial charge in [-0.3, -0.25) is 0 Å². The van der Waals surface area contributed by atoms with Gasteiger partial charge in [0.05, 0.1) is 0 Å². The maximum Gasteiger partial charge on any atom is 0.159 e. The monoisotopic (exact) mass is 232 g/mol. The number of aromatic nitrogens is 3. The molecule has 2 aromatic heterocycles. The van der Waals surface area contributed by atoms with Crippen molar-refractivity contribution < 1.29 is 0 Å². The van der Waals surface area contributed by atoms with E-state index in [2.05, 4.69) is 20.7 Å². The molecule has 6 nitrogen and oxygen atoms in total. The van der Waals surface area contributed by atoms with Gasteiger partial charge in [-0.2, -0.15) is 0 Å². The number of nitrogens with zero attached hydrogens (tertiary/aromatic N) is 3. The van der Waals surface area contributed by atoms with Crippen molar-refractivity contribution in [3.05, 3.63) is 18.3 Å². The molecule has 90 valence electrons. The number of nitrogens with one attached hydrogen (secondary N) is 2. The van der Waals surface area contributed by atoms with E-state index in [1.165, 1.54) is 12.8 Å². The van der Waals surface area contributed by atoms with Gasteiger partial charge in [0, 0.05) is 24.8 Å². The Morgan fingerprint density at radius 3 is 3.29 bits per heavy atom. The zero-order chi connectivity index (χ0) is 11.7. The van der Waals surface area contributed by atoms with Crippen LogP contribution < -0.4 is 16.4 Å². The van der Waals surface area contributed by atoms with Crippen molar-refractivity contribution in [3.8, 4) is 0 Å². The maximum atomic E-state index is 5.62.